The van der Waals surface area contributed by atoms with E-state index in [1.165, 1.54) is 0 Å². The van der Waals surface area contributed by atoms with Gasteiger partial charge in [-0.1, -0.05) is 30.3 Å². The van der Waals surface area contributed by atoms with Gasteiger partial charge in [0.1, 0.15) is 5.75 Å². The van der Waals surface area contributed by atoms with Crippen LogP contribution in [0, 0.1) is 13.8 Å². The number of hydrogen-bond donors (Lipinski definition) is 2. The molecule has 0 fully saturated rings. The topological polar surface area (TPSA) is 79.8 Å². The van der Waals surface area contributed by atoms with Crippen molar-refractivity contribution in [3.8, 4) is 5.75 Å². The highest BCUT2D eigenvalue weighted by molar-refractivity contribution is 6.05. The Hall–Kier alpha value is -3.15. The van der Waals surface area contributed by atoms with Gasteiger partial charge >= 0.3 is 0 Å². The van der Waals surface area contributed by atoms with Gasteiger partial charge in [-0.15, -0.1) is 0 Å². The summed E-state index contributed by atoms with van der Waals surface area (Å²) in [6.45, 7) is 5.40. The van der Waals surface area contributed by atoms with Crippen LogP contribution in [0.2, 0.25) is 0 Å². The van der Waals surface area contributed by atoms with Gasteiger partial charge in [0.2, 0.25) is 5.91 Å². The molecule has 0 aliphatic carbocycles. The molecule has 2 amide bonds. The third-order valence-electron chi connectivity index (χ3n) is 3.54. The highest BCUT2D eigenvalue weighted by Gasteiger charge is 2.07. The van der Waals surface area contributed by atoms with E-state index in [-0.39, 0.29) is 24.8 Å². The third-order valence-corrected chi connectivity index (χ3v) is 3.54. The molecule has 2 rings (SSSR count). The van der Waals surface area contributed by atoms with Crippen molar-refractivity contribution in [2.24, 2.45) is 5.10 Å². The predicted octanol–water partition coefficient (Wildman–Crippen LogP) is 3.20. The first-order valence-corrected chi connectivity index (χ1v) is 8.31. The normalized spacial score (nSPS) is 11.0. The quantitative estimate of drug-likeness (QED) is 0.592. The van der Waals surface area contributed by atoms with Crippen molar-refractivity contribution in [3.63, 3.8) is 0 Å². The molecule has 6 heteroatoms. The maximum Gasteiger partial charge on any atom is 0.277 e. The van der Waals surface area contributed by atoms with Gasteiger partial charge in [-0.05, 0) is 50.1 Å². The van der Waals surface area contributed by atoms with E-state index >= 15 is 0 Å². The zero-order chi connectivity index (χ0) is 18.9. The standard InChI is InChI=1S/C20H23N3O3/c1-14-7-6-9-17(11-14)21-19(24)12-16(3)22-23-20(25)13-26-18-10-5-4-8-15(18)2/h4-11H,12-13H2,1-3H3,(H,21,24)(H,23,25)/b22-16+. The monoisotopic (exact) mass is 353 g/mol. The Morgan fingerprint density at radius 2 is 1.81 bits per heavy atom. The van der Waals surface area contributed by atoms with Gasteiger partial charge in [0.25, 0.3) is 5.91 Å². The summed E-state index contributed by atoms with van der Waals surface area (Å²) >= 11 is 0. The number of amides is 2. The smallest absolute Gasteiger partial charge is 0.277 e. The van der Waals surface area contributed by atoms with Crippen molar-refractivity contribution in [1.29, 1.82) is 0 Å². The zero-order valence-corrected chi connectivity index (χ0v) is 15.2. The number of benzene rings is 2. The highest BCUT2D eigenvalue weighted by atomic mass is 16.5. The summed E-state index contributed by atoms with van der Waals surface area (Å²) in [4.78, 5) is 23.8. The maximum absolute atomic E-state index is 12.0. The average Bonchev–Trinajstić information content (AvgIpc) is 2.59. The van der Waals surface area contributed by atoms with Crippen LogP contribution in [0.1, 0.15) is 24.5 Å². The van der Waals surface area contributed by atoms with E-state index in [1.54, 1.807) is 13.0 Å². The van der Waals surface area contributed by atoms with Crippen molar-refractivity contribution in [1.82, 2.24) is 5.43 Å². The molecule has 2 N–H and O–H groups in total. The van der Waals surface area contributed by atoms with Crippen molar-refractivity contribution in [3.05, 3.63) is 59.7 Å². The molecular weight excluding hydrogens is 330 g/mol. The maximum atomic E-state index is 12.0. The summed E-state index contributed by atoms with van der Waals surface area (Å²) < 4.78 is 5.44. The van der Waals surface area contributed by atoms with Crippen LogP contribution in [0.25, 0.3) is 0 Å². The first-order chi connectivity index (χ1) is 12.4. The van der Waals surface area contributed by atoms with E-state index in [0.29, 0.717) is 11.5 Å². The van der Waals surface area contributed by atoms with Crippen molar-refractivity contribution < 1.29 is 14.3 Å². The average molecular weight is 353 g/mol. The minimum absolute atomic E-state index is 0.0902. The fraction of sp³-hybridized carbons (Fsp3) is 0.250. The molecule has 2 aromatic carbocycles. The molecule has 0 aromatic heterocycles. The number of nitrogens with one attached hydrogen (secondary N) is 2. The summed E-state index contributed by atoms with van der Waals surface area (Å²) in [5.41, 5.74) is 5.64. The molecule has 0 atom stereocenters. The number of nitrogens with zero attached hydrogens (tertiary/aromatic N) is 1. The Balaban J connectivity index is 1.77. The largest absolute Gasteiger partial charge is 0.483 e. The van der Waals surface area contributed by atoms with Crippen LogP contribution >= 0.6 is 0 Å². The summed E-state index contributed by atoms with van der Waals surface area (Å²) in [6.07, 6.45) is 0.0902. The van der Waals surface area contributed by atoms with Crippen LogP contribution in [0.5, 0.6) is 5.75 Å². The summed E-state index contributed by atoms with van der Waals surface area (Å²) in [5.74, 6) is 0.0786. The summed E-state index contributed by atoms with van der Waals surface area (Å²) in [6, 6.07) is 15.0. The molecule has 2 aromatic rings. The van der Waals surface area contributed by atoms with Gasteiger partial charge in [-0.3, -0.25) is 9.59 Å². The Labute approximate surface area is 153 Å². The third kappa shape index (κ3) is 6.39. The van der Waals surface area contributed by atoms with Gasteiger partial charge in [0.05, 0.1) is 6.42 Å². The number of carbonyl (C=O) groups excluding carboxylic acids is 2. The Bertz CT molecular complexity index is 815. The van der Waals surface area contributed by atoms with Crippen molar-refractivity contribution >= 4 is 23.2 Å². The lowest BCUT2D eigenvalue weighted by Crippen LogP contribution is -2.26. The second-order valence-electron chi connectivity index (χ2n) is 6.03. The van der Waals surface area contributed by atoms with Gasteiger partial charge in [0.15, 0.2) is 6.61 Å². The minimum Gasteiger partial charge on any atom is -0.483 e. The van der Waals surface area contributed by atoms with Crippen LogP contribution in [0.4, 0.5) is 5.69 Å². The van der Waals surface area contributed by atoms with Crippen LogP contribution in [-0.2, 0) is 9.59 Å². The van der Waals surface area contributed by atoms with E-state index in [0.717, 1.165) is 16.8 Å². The molecule has 26 heavy (non-hydrogen) atoms. The second kappa shape index (κ2) is 9.36. The summed E-state index contributed by atoms with van der Waals surface area (Å²) in [5, 5.41) is 6.73. The fourth-order valence-corrected chi connectivity index (χ4v) is 2.25. The highest BCUT2D eigenvalue weighted by Crippen LogP contribution is 2.15. The molecule has 0 aliphatic heterocycles. The van der Waals surface area contributed by atoms with E-state index in [4.69, 9.17) is 4.74 Å². The van der Waals surface area contributed by atoms with Crippen molar-refractivity contribution in [2.75, 3.05) is 11.9 Å². The number of hydrazone groups is 1. The number of rotatable bonds is 7. The number of hydrogen-bond acceptors (Lipinski definition) is 4. The number of aryl methyl sites for hydroxylation is 2. The first kappa shape index (κ1) is 19.2. The van der Waals surface area contributed by atoms with Crippen LogP contribution in [-0.4, -0.2) is 24.1 Å². The molecule has 0 heterocycles. The minimum atomic E-state index is -0.383. The first-order valence-electron chi connectivity index (χ1n) is 8.31. The Kier molecular flexibility index (Phi) is 6.91. The second-order valence-corrected chi connectivity index (χ2v) is 6.03. The van der Waals surface area contributed by atoms with Gasteiger partial charge in [-0.25, -0.2) is 5.43 Å². The van der Waals surface area contributed by atoms with Crippen LogP contribution in [0.3, 0.4) is 0 Å². The zero-order valence-electron chi connectivity index (χ0n) is 15.2. The number of anilines is 1. The molecule has 0 aliphatic rings. The molecule has 0 bridgehead atoms. The van der Waals surface area contributed by atoms with Gasteiger partial charge < -0.3 is 10.1 Å². The molecule has 0 unspecified atom stereocenters. The van der Waals surface area contributed by atoms with Crippen LogP contribution in [0.15, 0.2) is 53.6 Å². The molecule has 6 nitrogen and oxygen atoms in total. The molecule has 0 saturated heterocycles. The summed E-state index contributed by atoms with van der Waals surface area (Å²) in [7, 11) is 0. The van der Waals surface area contributed by atoms with E-state index in [1.807, 2.05) is 56.3 Å². The predicted molar refractivity (Wildman–Crippen MR) is 102 cm³/mol. The number of para-hydroxylation sites is 1. The van der Waals surface area contributed by atoms with E-state index in [2.05, 4.69) is 15.8 Å². The molecule has 136 valence electrons. The molecule has 0 spiro atoms. The van der Waals surface area contributed by atoms with E-state index in [9.17, 15) is 9.59 Å². The molecular formula is C20H23N3O3. The number of carbonyl (C=O) groups is 2. The molecule has 0 saturated carbocycles. The molecule has 0 radical (unpaired) electrons. The lowest BCUT2D eigenvalue weighted by atomic mass is 10.2. The Morgan fingerprint density at radius 3 is 2.54 bits per heavy atom. The fourth-order valence-electron chi connectivity index (χ4n) is 2.25. The lowest BCUT2D eigenvalue weighted by molar-refractivity contribution is -0.123. The van der Waals surface area contributed by atoms with Gasteiger partial charge in [-0.2, -0.15) is 5.10 Å². The Morgan fingerprint density at radius 1 is 1.04 bits per heavy atom. The van der Waals surface area contributed by atoms with E-state index < -0.39 is 0 Å². The van der Waals surface area contributed by atoms with Gasteiger partial charge in [0, 0.05) is 11.4 Å². The number of ether oxygens (including phenoxy) is 1. The van der Waals surface area contributed by atoms with Crippen molar-refractivity contribution in [2.45, 2.75) is 27.2 Å². The SMILES string of the molecule is C/C(CC(=O)Nc1cccc(C)c1)=N\NC(=O)COc1ccccc1C. The lowest BCUT2D eigenvalue weighted by Gasteiger charge is -2.08. The van der Waals surface area contributed by atoms with Crippen LogP contribution < -0.4 is 15.5 Å².